The van der Waals surface area contributed by atoms with Gasteiger partial charge in [0.25, 0.3) is 0 Å². The summed E-state index contributed by atoms with van der Waals surface area (Å²) in [5.74, 6) is 0.174. The SMILES string of the molecule is CC(C)(C)OC(=O)N1CC(CN=[N+]=[N-])C(c2ccoc2)C1. The van der Waals surface area contributed by atoms with Gasteiger partial charge in [-0.15, -0.1) is 0 Å². The van der Waals surface area contributed by atoms with Crippen LogP contribution in [0.4, 0.5) is 4.79 Å². The van der Waals surface area contributed by atoms with Crippen LogP contribution in [0.5, 0.6) is 0 Å². The zero-order valence-electron chi connectivity index (χ0n) is 12.5. The number of nitrogens with zero attached hydrogens (tertiary/aromatic N) is 4. The lowest BCUT2D eigenvalue weighted by Gasteiger charge is -2.24. The molecule has 7 nitrogen and oxygen atoms in total. The predicted octanol–water partition coefficient (Wildman–Crippen LogP) is 3.54. The summed E-state index contributed by atoms with van der Waals surface area (Å²) in [6.45, 7) is 6.93. The number of carbonyl (C=O) groups is 1. The van der Waals surface area contributed by atoms with Crippen molar-refractivity contribution in [2.75, 3.05) is 19.6 Å². The summed E-state index contributed by atoms with van der Waals surface area (Å²) in [6, 6.07) is 1.88. The molecule has 0 aliphatic carbocycles. The lowest BCUT2D eigenvalue weighted by atomic mass is 9.91. The third-order valence-electron chi connectivity index (χ3n) is 3.44. The van der Waals surface area contributed by atoms with E-state index in [2.05, 4.69) is 10.0 Å². The van der Waals surface area contributed by atoms with Crippen LogP contribution in [-0.4, -0.2) is 36.2 Å². The van der Waals surface area contributed by atoms with Crippen molar-refractivity contribution in [3.05, 3.63) is 34.6 Å². The summed E-state index contributed by atoms with van der Waals surface area (Å²) in [7, 11) is 0. The van der Waals surface area contributed by atoms with E-state index >= 15 is 0 Å². The van der Waals surface area contributed by atoms with E-state index in [4.69, 9.17) is 14.7 Å². The molecule has 1 saturated heterocycles. The second-order valence-corrected chi connectivity index (χ2v) is 6.22. The molecule has 0 spiro atoms. The highest BCUT2D eigenvalue weighted by atomic mass is 16.6. The largest absolute Gasteiger partial charge is 0.472 e. The lowest BCUT2D eigenvalue weighted by molar-refractivity contribution is 0.0287. The monoisotopic (exact) mass is 292 g/mol. The van der Waals surface area contributed by atoms with Crippen LogP contribution in [0, 0.1) is 5.92 Å². The summed E-state index contributed by atoms with van der Waals surface area (Å²) in [6.07, 6.45) is 2.95. The Labute approximate surface area is 123 Å². The van der Waals surface area contributed by atoms with Gasteiger partial charge in [0.05, 0.1) is 12.5 Å². The smallest absolute Gasteiger partial charge is 0.410 e. The van der Waals surface area contributed by atoms with Gasteiger partial charge in [0.15, 0.2) is 0 Å². The normalized spacial score (nSPS) is 22.0. The minimum atomic E-state index is -0.523. The van der Waals surface area contributed by atoms with Crippen LogP contribution in [0.25, 0.3) is 10.4 Å². The number of likely N-dealkylation sites (tertiary alicyclic amines) is 1. The van der Waals surface area contributed by atoms with Crippen molar-refractivity contribution in [1.82, 2.24) is 4.90 Å². The Morgan fingerprint density at radius 2 is 2.33 bits per heavy atom. The first kappa shape index (κ1) is 15.3. The van der Waals surface area contributed by atoms with Crippen molar-refractivity contribution in [3.8, 4) is 0 Å². The first-order chi connectivity index (χ1) is 9.90. The van der Waals surface area contributed by atoms with Crippen LogP contribution in [-0.2, 0) is 4.74 Å². The molecule has 1 amide bonds. The quantitative estimate of drug-likeness (QED) is 0.484. The molecule has 21 heavy (non-hydrogen) atoms. The van der Waals surface area contributed by atoms with Crippen molar-refractivity contribution in [1.29, 1.82) is 0 Å². The molecule has 1 fully saturated rings. The number of rotatable bonds is 3. The van der Waals surface area contributed by atoms with E-state index in [1.807, 2.05) is 26.8 Å². The molecule has 0 N–H and O–H groups in total. The third-order valence-corrected chi connectivity index (χ3v) is 3.44. The molecule has 0 aromatic carbocycles. The van der Waals surface area contributed by atoms with E-state index in [1.54, 1.807) is 17.4 Å². The van der Waals surface area contributed by atoms with Gasteiger partial charge in [0.1, 0.15) is 5.60 Å². The fraction of sp³-hybridized carbons (Fsp3) is 0.643. The van der Waals surface area contributed by atoms with Crippen LogP contribution >= 0.6 is 0 Å². The van der Waals surface area contributed by atoms with Crippen molar-refractivity contribution < 1.29 is 13.9 Å². The van der Waals surface area contributed by atoms with Gasteiger partial charge in [-0.05, 0) is 43.9 Å². The fourth-order valence-electron chi connectivity index (χ4n) is 2.54. The molecule has 0 bridgehead atoms. The number of ether oxygens (including phenoxy) is 1. The third kappa shape index (κ3) is 3.92. The van der Waals surface area contributed by atoms with Gasteiger partial charge in [0, 0.05) is 30.5 Å². The number of amides is 1. The number of hydrogen-bond donors (Lipinski definition) is 0. The van der Waals surface area contributed by atoms with Crippen molar-refractivity contribution >= 4 is 6.09 Å². The first-order valence-corrected chi connectivity index (χ1v) is 6.91. The minimum Gasteiger partial charge on any atom is -0.472 e. The Bertz CT molecular complexity index is 529. The molecule has 1 aromatic heterocycles. The molecule has 0 radical (unpaired) electrons. The standard InChI is InChI=1S/C14H20N4O3/c1-14(2,3)21-13(19)18-7-11(6-16-17-15)12(8-18)10-4-5-20-9-10/h4-5,9,11-12H,6-8H2,1-3H3. The summed E-state index contributed by atoms with van der Waals surface area (Å²) in [5, 5.41) is 3.65. The van der Waals surface area contributed by atoms with Crippen molar-refractivity contribution in [3.63, 3.8) is 0 Å². The maximum atomic E-state index is 12.2. The molecule has 2 unspecified atom stereocenters. The van der Waals surface area contributed by atoms with E-state index < -0.39 is 5.60 Å². The zero-order chi connectivity index (χ0) is 15.5. The van der Waals surface area contributed by atoms with Gasteiger partial charge in [-0.2, -0.15) is 0 Å². The Hall–Kier alpha value is -2.14. The van der Waals surface area contributed by atoms with E-state index in [1.165, 1.54) is 0 Å². The number of furan rings is 1. The highest BCUT2D eigenvalue weighted by Crippen LogP contribution is 2.34. The van der Waals surface area contributed by atoms with Crippen LogP contribution in [0.2, 0.25) is 0 Å². The highest BCUT2D eigenvalue weighted by Gasteiger charge is 2.37. The van der Waals surface area contributed by atoms with E-state index in [0.29, 0.717) is 19.6 Å². The molecule has 1 aromatic rings. The fourth-order valence-corrected chi connectivity index (χ4v) is 2.54. The summed E-state index contributed by atoms with van der Waals surface area (Å²) in [5.41, 5.74) is 9.00. The van der Waals surface area contributed by atoms with E-state index in [0.717, 1.165) is 5.56 Å². The minimum absolute atomic E-state index is 0.0750. The van der Waals surface area contributed by atoms with E-state index in [9.17, 15) is 4.79 Å². The molecular formula is C14H20N4O3. The molecule has 7 heteroatoms. The molecule has 2 heterocycles. The van der Waals surface area contributed by atoms with Crippen LogP contribution in [0.1, 0.15) is 32.3 Å². The van der Waals surface area contributed by atoms with Gasteiger partial charge in [-0.1, -0.05) is 5.11 Å². The molecule has 2 rings (SSSR count). The van der Waals surface area contributed by atoms with Gasteiger partial charge >= 0.3 is 6.09 Å². The lowest BCUT2D eigenvalue weighted by Crippen LogP contribution is -2.35. The molecule has 1 aliphatic heterocycles. The van der Waals surface area contributed by atoms with Crippen LogP contribution in [0.3, 0.4) is 0 Å². The Balaban J connectivity index is 2.10. The van der Waals surface area contributed by atoms with Gasteiger partial charge in [-0.25, -0.2) is 4.79 Å². The zero-order valence-corrected chi connectivity index (χ0v) is 12.5. The van der Waals surface area contributed by atoms with E-state index in [-0.39, 0.29) is 17.9 Å². The van der Waals surface area contributed by atoms with Crippen molar-refractivity contribution in [2.24, 2.45) is 11.0 Å². The molecule has 1 aliphatic rings. The Kier molecular flexibility index (Phi) is 4.43. The number of carbonyl (C=O) groups excluding carboxylic acids is 1. The maximum absolute atomic E-state index is 12.2. The average Bonchev–Trinajstić information content (AvgIpc) is 3.03. The molecule has 0 saturated carbocycles. The first-order valence-electron chi connectivity index (χ1n) is 6.91. The Morgan fingerprint density at radius 1 is 1.57 bits per heavy atom. The molecule has 2 atom stereocenters. The van der Waals surface area contributed by atoms with Crippen LogP contribution < -0.4 is 0 Å². The second kappa shape index (κ2) is 6.10. The summed E-state index contributed by atoms with van der Waals surface area (Å²) in [4.78, 5) is 16.7. The number of azide groups is 1. The molecule has 114 valence electrons. The number of hydrogen-bond acceptors (Lipinski definition) is 4. The highest BCUT2D eigenvalue weighted by molar-refractivity contribution is 5.68. The summed E-state index contributed by atoms with van der Waals surface area (Å²) >= 11 is 0. The van der Waals surface area contributed by atoms with Gasteiger partial charge in [0.2, 0.25) is 0 Å². The topological polar surface area (TPSA) is 91.4 Å². The second-order valence-electron chi connectivity index (χ2n) is 6.22. The molecular weight excluding hydrogens is 272 g/mol. The predicted molar refractivity (Wildman–Crippen MR) is 76.8 cm³/mol. The van der Waals surface area contributed by atoms with Gasteiger partial charge in [-0.3, -0.25) is 0 Å². The van der Waals surface area contributed by atoms with Crippen LogP contribution in [0.15, 0.2) is 28.1 Å². The van der Waals surface area contributed by atoms with Crippen molar-refractivity contribution in [2.45, 2.75) is 32.3 Å². The van der Waals surface area contributed by atoms with Gasteiger partial charge < -0.3 is 14.1 Å². The summed E-state index contributed by atoms with van der Waals surface area (Å²) < 4.78 is 10.5. The average molecular weight is 292 g/mol. The Morgan fingerprint density at radius 3 is 2.90 bits per heavy atom. The maximum Gasteiger partial charge on any atom is 0.410 e.